The lowest BCUT2D eigenvalue weighted by Crippen LogP contribution is -2.02. The van der Waals surface area contributed by atoms with Crippen LogP contribution in [0.4, 0.5) is 4.39 Å². The van der Waals surface area contributed by atoms with E-state index in [9.17, 15) is 17.9 Å². The van der Waals surface area contributed by atoms with Gasteiger partial charge in [0.25, 0.3) is 0 Å². The van der Waals surface area contributed by atoms with Gasteiger partial charge in [-0.1, -0.05) is 36.4 Å². The van der Waals surface area contributed by atoms with Gasteiger partial charge in [-0.25, -0.2) is 12.8 Å². The van der Waals surface area contributed by atoms with Gasteiger partial charge in [-0.2, -0.15) is 0 Å². The summed E-state index contributed by atoms with van der Waals surface area (Å²) in [6, 6.07) is 14.2. The van der Waals surface area contributed by atoms with Crippen LogP contribution in [0, 0.1) is 5.82 Å². The topological polar surface area (TPSA) is 54.4 Å². The number of aliphatic hydroxyl groups excluding tert-OH is 1. The van der Waals surface area contributed by atoms with Gasteiger partial charge >= 0.3 is 0 Å². The molecule has 3 rings (SSSR count). The number of hydrogen-bond acceptors (Lipinski definition) is 4. The van der Waals surface area contributed by atoms with Crippen LogP contribution in [0.1, 0.15) is 16.7 Å². The Bertz CT molecular complexity index is 986. The average Bonchev–Trinajstić information content (AvgIpc) is 3.11. The quantitative estimate of drug-likeness (QED) is 0.674. The molecule has 1 aromatic heterocycles. The van der Waals surface area contributed by atoms with Gasteiger partial charge in [0.1, 0.15) is 10.0 Å². The average molecular weight is 374 g/mol. The molecular formula is C19H15FO3S2. The van der Waals surface area contributed by atoms with E-state index in [1.54, 1.807) is 47.8 Å². The first-order valence-corrected chi connectivity index (χ1v) is 9.83. The Morgan fingerprint density at radius 1 is 0.920 bits per heavy atom. The molecule has 0 unspecified atom stereocenters. The van der Waals surface area contributed by atoms with E-state index in [0.29, 0.717) is 5.56 Å². The molecular weight excluding hydrogens is 359 g/mol. The smallest absolute Gasteiger partial charge is 0.216 e. The summed E-state index contributed by atoms with van der Waals surface area (Å²) in [6.07, 6.45) is 3.65. The first-order chi connectivity index (χ1) is 12.0. The highest BCUT2D eigenvalue weighted by Gasteiger charge is 2.22. The number of halogens is 1. The van der Waals surface area contributed by atoms with E-state index in [2.05, 4.69) is 0 Å². The van der Waals surface area contributed by atoms with Crippen LogP contribution in [0.25, 0.3) is 12.2 Å². The standard InChI is InChI=1S/C19H15FO3S2/c20-17-7-3-14(4-8-17)1-2-15-5-9-18(10-6-15)25(22,23)19-16(13-21)11-12-24-19/h1-12,21H,13H2/b2-1+. The Kier molecular flexibility index (Phi) is 5.13. The lowest BCUT2D eigenvalue weighted by atomic mass is 10.1. The van der Waals surface area contributed by atoms with E-state index < -0.39 is 9.84 Å². The van der Waals surface area contributed by atoms with E-state index in [-0.39, 0.29) is 21.5 Å². The Balaban J connectivity index is 1.83. The number of aliphatic hydroxyl groups is 1. The Labute approximate surface area is 149 Å². The molecule has 0 radical (unpaired) electrons. The highest BCUT2D eigenvalue weighted by Crippen LogP contribution is 2.29. The van der Waals surface area contributed by atoms with Crippen LogP contribution in [-0.2, 0) is 16.4 Å². The van der Waals surface area contributed by atoms with Crippen LogP contribution in [0.15, 0.2) is 69.1 Å². The molecule has 1 N–H and O–H groups in total. The van der Waals surface area contributed by atoms with E-state index in [1.807, 2.05) is 12.2 Å². The van der Waals surface area contributed by atoms with E-state index in [0.717, 1.165) is 22.5 Å². The molecule has 0 saturated heterocycles. The van der Waals surface area contributed by atoms with Crippen LogP contribution < -0.4 is 0 Å². The van der Waals surface area contributed by atoms with Crippen LogP contribution in [-0.4, -0.2) is 13.5 Å². The van der Waals surface area contributed by atoms with Gasteiger partial charge in [-0.15, -0.1) is 11.3 Å². The highest BCUT2D eigenvalue weighted by molar-refractivity contribution is 7.93. The molecule has 2 aromatic carbocycles. The largest absolute Gasteiger partial charge is 0.392 e. The molecule has 1 heterocycles. The van der Waals surface area contributed by atoms with Gasteiger partial charge in [-0.3, -0.25) is 0 Å². The minimum Gasteiger partial charge on any atom is -0.392 e. The Hall–Kier alpha value is -2.28. The van der Waals surface area contributed by atoms with E-state index in [4.69, 9.17) is 0 Å². The SMILES string of the molecule is O=S(=O)(c1ccc(/C=C/c2ccc(F)cc2)cc1)c1sccc1CO. The zero-order valence-electron chi connectivity index (χ0n) is 13.1. The van der Waals surface area contributed by atoms with Crippen molar-refractivity contribution >= 4 is 33.3 Å². The summed E-state index contributed by atoms with van der Waals surface area (Å²) < 4.78 is 38.3. The number of sulfone groups is 1. The number of rotatable bonds is 5. The monoisotopic (exact) mass is 374 g/mol. The minimum atomic E-state index is -3.63. The van der Waals surface area contributed by atoms with E-state index in [1.165, 1.54) is 12.1 Å². The summed E-state index contributed by atoms with van der Waals surface area (Å²) in [5.41, 5.74) is 2.09. The van der Waals surface area contributed by atoms with Crippen molar-refractivity contribution in [2.24, 2.45) is 0 Å². The van der Waals surface area contributed by atoms with Crippen molar-refractivity contribution in [3.63, 3.8) is 0 Å². The fraction of sp³-hybridized carbons (Fsp3) is 0.0526. The number of thiophene rings is 1. The summed E-state index contributed by atoms with van der Waals surface area (Å²) in [5.74, 6) is -0.289. The lowest BCUT2D eigenvalue weighted by Gasteiger charge is -2.05. The first-order valence-electron chi connectivity index (χ1n) is 7.47. The summed E-state index contributed by atoms with van der Waals surface area (Å²) in [6.45, 7) is -0.309. The van der Waals surface area contributed by atoms with Crippen molar-refractivity contribution in [2.45, 2.75) is 15.7 Å². The second kappa shape index (κ2) is 7.31. The number of benzene rings is 2. The second-order valence-electron chi connectivity index (χ2n) is 5.35. The Morgan fingerprint density at radius 2 is 1.48 bits per heavy atom. The van der Waals surface area contributed by atoms with E-state index >= 15 is 0 Å². The van der Waals surface area contributed by atoms with Crippen molar-refractivity contribution in [3.05, 3.63) is 82.5 Å². The minimum absolute atomic E-state index is 0.171. The number of hydrogen-bond donors (Lipinski definition) is 1. The van der Waals surface area contributed by atoms with Crippen molar-refractivity contribution in [1.82, 2.24) is 0 Å². The summed E-state index contributed by atoms with van der Waals surface area (Å²) >= 11 is 1.10. The molecule has 0 aliphatic carbocycles. The molecule has 0 saturated carbocycles. The maximum atomic E-state index is 12.9. The van der Waals surface area contributed by atoms with Gasteiger partial charge in [0.15, 0.2) is 0 Å². The molecule has 128 valence electrons. The third-order valence-electron chi connectivity index (χ3n) is 3.65. The van der Waals surface area contributed by atoms with Crippen LogP contribution in [0.3, 0.4) is 0 Å². The summed E-state index contributed by atoms with van der Waals surface area (Å²) in [4.78, 5) is 0.184. The molecule has 0 bridgehead atoms. The van der Waals surface area contributed by atoms with Gasteiger partial charge < -0.3 is 5.11 Å². The first kappa shape index (κ1) is 17.5. The maximum Gasteiger partial charge on any atom is 0.216 e. The molecule has 0 aliphatic heterocycles. The van der Waals surface area contributed by atoms with Crippen molar-refractivity contribution in [1.29, 1.82) is 0 Å². The summed E-state index contributed by atoms with van der Waals surface area (Å²) in [5, 5.41) is 10.9. The second-order valence-corrected chi connectivity index (χ2v) is 8.41. The highest BCUT2D eigenvalue weighted by atomic mass is 32.2. The molecule has 0 atom stereocenters. The van der Waals surface area contributed by atoms with Crippen molar-refractivity contribution in [3.8, 4) is 0 Å². The fourth-order valence-electron chi connectivity index (χ4n) is 2.31. The lowest BCUT2D eigenvalue weighted by molar-refractivity contribution is 0.279. The molecule has 6 heteroatoms. The third-order valence-corrected chi connectivity index (χ3v) is 6.99. The Morgan fingerprint density at radius 3 is 2.04 bits per heavy atom. The molecule has 3 nitrogen and oxygen atoms in total. The van der Waals surface area contributed by atoms with Crippen molar-refractivity contribution in [2.75, 3.05) is 0 Å². The fourth-order valence-corrected chi connectivity index (χ4v) is 5.09. The van der Waals surface area contributed by atoms with Crippen LogP contribution in [0.2, 0.25) is 0 Å². The summed E-state index contributed by atoms with van der Waals surface area (Å²) in [7, 11) is -3.63. The van der Waals surface area contributed by atoms with Gasteiger partial charge in [0.2, 0.25) is 9.84 Å². The third kappa shape index (κ3) is 3.87. The zero-order chi connectivity index (χ0) is 17.9. The molecule has 0 spiro atoms. The maximum absolute atomic E-state index is 12.9. The van der Waals surface area contributed by atoms with Crippen LogP contribution in [0.5, 0.6) is 0 Å². The van der Waals surface area contributed by atoms with Gasteiger partial charge in [0.05, 0.1) is 11.5 Å². The molecule has 25 heavy (non-hydrogen) atoms. The zero-order valence-corrected chi connectivity index (χ0v) is 14.7. The molecule has 0 aliphatic rings. The molecule has 0 fully saturated rings. The molecule has 0 amide bonds. The van der Waals surface area contributed by atoms with Crippen LogP contribution >= 0.6 is 11.3 Å². The van der Waals surface area contributed by atoms with Gasteiger partial charge in [0, 0.05) is 5.56 Å². The van der Waals surface area contributed by atoms with Gasteiger partial charge in [-0.05, 0) is 46.8 Å². The normalized spacial score (nSPS) is 11.9. The molecule has 3 aromatic rings. The predicted molar refractivity (Wildman–Crippen MR) is 97.5 cm³/mol. The van der Waals surface area contributed by atoms with Crippen molar-refractivity contribution < 1.29 is 17.9 Å². The predicted octanol–water partition coefficient (Wildman–Crippen LogP) is 4.38.